The molecule has 0 radical (unpaired) electrons. The van der Waals surface area contributed by atoms with E-state index in [0.29, 0.717) is 25.9 Å². The van der Waals surface area contributed by atoms with Crippen molar-refractivity contribution in [2.45, 2.75) is 31.5 Å². The van der Waals surface area contributed by atoms with Crippen LogP contribution in [0, 0.1) is 0 Å². The van der Waals surface area contributed by atoms with Gasteiger partial charge in [-0.3, -0.25) is 0 Å². The third-order valence-corrected chi connectivity index (χ3v) is 3.51. The van der Waals surface area contributed by atoms with Crippen molar-refractivity contribution < 1.29 is 24.5 Å². The first-order valence-corrected chi connectivity index (χ1v) is 6.96. The lowest BCUT2D eigenvalue weighted by Gasteiger charge is -2.29. The number of aliphatic hydroxyl groups excluding tert-OH is 1. The Morgan fingerprint density at radius 3 is 2.43 bits per heavy atom. The van der Waals surface area contributed by atoms with Crippen molar-refractivity contribution in [2.24, 2.45) is 0 Å². The number of carboxylic acid groups (broad SMARTS) is 1. The van der Waals surface area contributed by atoms with Crippen molar-refractivity contribution in [3.8, 4) is 0 Å². The highest BCUT2D eigenvalue weighted by molar-refractivity contribution is 5.77. The van der Waals surface area contributed by atoms with Gasteiger partial charge in [-0.1, -0.05) is 30.3 Å². The van der Waals surface area contributed by atoms with E-state index >= 15 is 0 Å². The minimum atomic E-state index is -1.20. The fraction of sp³-hybridized carbons (Fsp3) is 0.467. The van der Waals surface area contributed by atoms with Gasteiger partial charge >= 0.3 is 12.1 Å². The number of hydrogen-bond acceptors (Lipinski definition) is 4. The van der Waals surface area contributed by atoms with Crippen LogP contribution in [0.1, 0.15) is 18.4 Å². The minimum Gasteiger partial charge on any atom is -0.478 e. The number of amides is 1. The first-order chi connectivity index (χ1) is 10.1. The largest absolute Gasteiger partial charge is 0.478 e. The van der Waals surface area contributed by atoms with Crippen LogP contribution in [0.15, 0.2) is 30.3 Å². The van der Waals surface area contributed by atoms with Gasteiger partial charge < -0.3 is 19.8 Å². The summed E-state index contributed by atoms with van der Waals surface area (Å²) in [7, 11) is 0. The zero-order chi connectivity index (χ0) is 15.2. The first kappa shape index (κ1) is 15.3. The quantitative estimate of drug-likeness (QED) is 0.873. The van der Waals surface area contributed by atoms with E-state index in [2.05, 4.69) is 0 Å². The predicted molar refractivity (Wildman–Crippen MR) is 74.9 cm³/mol. The SMILES string of the molecule is O=C(O)[C@H](Cc1ccccc1)OC(=O)N1CCC(O)CC1. The highest BCUT2D eigenvalue weighted by atomic mass is 16.6. The molecule has 0 unspecified atom stereocenters. The number of aliphatic carboxylic acids is 1. The molecule has 0 aliphatic carbocycles. The maximum absolute atomic E-state index is 12.0. The Morgan fingerprint density at radius 1 is 1.24 bits per heavy atom. The Balaban J connectivity index is 1.93. The second-order valence-corrected chi connectivity index (χ2v) is 5.12. The molecule has 1 aliphatic rings. The second kappa shape index (κ2) is 7.08. The predicted octanol–water partition coefficient (Wildman–Crippen LogP) is 1.28. The number of carboxylic acids is 1. The van der Waals surface area contributed by atoms with Crippen LogP contribution in [-0.2, 0) is 16.0 Å². The summed E-state index contributed by atoms with van der Waals surface area (Å²) in [5.41, 5.74) is 0.798. The molecule has 0 aromatic heterocycles. The molecule has 6 nitrogen and oxygen atoms in total. The Labute approximate surface area is 122 Å². The zero-order valence-corrected chi connectivity index (χ0v) is 11.6. The molecule has 1 heterocycles. The summed E-state index contributed by atoms with van der Waals surface area (Å²) in [6.07, 6.45) is -1.11. The van der Waals surface area contributed by atoms with Gasteiger partial charge in [0.15, 0.2) is 0 Å². The maximum atomic E-state index is 12.0. The monoisotopic (exact) mass is 293 g/mol. The Bertz CT molecular complexity index is 482. The standard InChI is InChI=1S/C15H19NO5/c17-12-6-8-16(9-7-12)15(20)21-13(14(18)19)10-11-4-2-1-3-5-11/h1-5,12-13,17H,6-10H2,(H,18,19)/t13-/m0/s1. The molecule has 1 amide bonds. The van der Waals surface area contributed by atoms with Gasteiger partial charge in [-0.2, -0.15) is 0 Å². The number of rotatable bonds is 4. The Morgan fingerprint density at radius 2 is 1.86 bits per heavy atom. The highest BCUT2D eigenvalue weighted by Crippen LogP contribution is 2.13. The van der Waals surface area contributed by atoms with Crippen molar-refractivity contribution in [1.82, 2.24) is 4.90 Å². The molecule has 2 rings (SSSR count). The van der Waals surface area contributed by atoms with E-state index in [1.165, 1.54) is 4.90 Å². The number of carbonyl (C=O) groups is 2. The maximum Gasteiger partial charge on any atom is 0.410 e. The summed E-state index contributed by atoms with van der Waals surface area (Å²) >= 11 is 0. The van der Waals surface area contributed by atoms with Gasteiger partial charge in [-0.25, -0.2) is 9.59 Å². The molecule has 1 saturated heterocycles. The molecule has 0 saturated carbocycles. The molecule has 1 aromatic carbocycles. The average Bonchev–Trinajstić information content (AvgIpc) is 2.48. The molecule has 6 heteroatoms. The van der Waals surface area contributed by atoms with Gasteiger partial charge in [0.05, 0.1) is 6.10 Å². The lowest BCUT2D eigenvalue weighted by Crippen LogP contribution is -2.43. The van der Waals surface area contributed by atoms with Crippen molar-refractivity contribution in [3.63, 3.8) is 0 Å². The fourth-order valence-corrected chi connectivity index (χ4v) is 2.25. The van der Waals surface area contributed by atoms with Crippen LogP contribution in [0.2, 0.25) is 0 Å². The summed E-state index contributed by atoms with van der Waals surface area (Å²) in [5, 5.41) is 18.6. The van der Waals surface area contributed by atoms with Crippen LogP contribution in [-0.4, -0.2) is 52.5 Å². The number of nitrogens with zero attached hydrogens (tertiary/aromatic N) is 1. The van der Waals surface area contributed by atoms with Crippen LogP contribution in [0.5, 0.6) is 0 Å². The van der Waals surface area contributed by atoms with E-state index in [1.807, 2.05) is 18.2 Å². The van der Waals surface area contributed by atoms with Crippen LogP contribution < -0.4 is 0 Å². The number of likely N-dealkylation sites (tertiary alicyclic amines) is 1. The summed E-state index contributed by atoms with van der Waals surface area (Å²) in [5.74, 6) is -1.16. The van der Waals surface area contributed by atoms with E-state index in [9.17, 15) is 19.8 Å². The number of piperidine rings is 1. The first-order valence-electron chi connectivity index (χ1n) is 6.96. The van der Waals surface area contributed by atoms with Crippen molar-refractivity contribution in [2.75, 3.05) is 13.1 Å². The van der Waals surface area contributed by atoms with Gasteiger partial charge in [0.2, 0.25) is 6.10 Å². The lowest BCUT2D eigenvalue weighted by molar-refractivity contribution is -0.147. The summed E-state index contributed by atoms with van der Waals surface area (Å²) < 4.78 is 5.10. The van der Waals surface area contributed by atoms with E-state index < -0.39 is 24.3 Å². The number of hydrogen-bond donors (Lipinski definition) is 2. The van der Waals surface area contributed by atoms with Crippen LogP contribution in [0.3, 0.4) is 0 Å². The molecule has 114 valence electrons. The van der Waals surface area contributed by atoms with E-state index in [0.717, 1.165) is 5.56 Å². The van der Waals surface area contributed by atoms with Crippen LogP contribution in [0.25, 0.3) is 0 Å². The van der Waals surface area contributed by atoms with Gasteiger partial charge in [-0.05, 0) is 18.4 Å². The van der Waals surface area contributed by atoms with Gasteiger partial charge in [0.1, 0.15) is 0 Å². The summed E-state index contributed by atoms with van der Waals surface area (Å²) in [4.78, 5) is 24.6. The van der Waals surface area contributed by atoms with Gasteiger partial charge in [0, 0.05) is 19.5 Å². The molecule has 2 N–H and O–H groups in total. The molecule has 0 bridgehead atoms. The summed E-state index contributed by atoms with van der Waals surface area (Å²) in [6.45, 7) is 0.773. The average molecular weight is 293 g/mol. The molecule has 1 fully saturated rings. The molecule has 1 atom stereocenters. The number of benzene rings is 1. The van der Waals surface area contributed by atoms with E-state index in [1.54, 1.807) is 12.1 Å². The third-order valence-electron chi connectivity index (χ3n) is 3.51. The molecular formula is C15H19NO5. The van der Waals surface area contributed by atoms with Gasteiger partial charge in [0.25, 0.3) is 0 Å². The van der Waals surface area contributed by atoms with Crippen LogP contribution >= 0.6 is 0 Å². The zero-order valence-electron chi connectivity index (χ0n) is 11.6. The van der Waals surface area contributed by atoms with E-state index in [4.69, 9.17) is 4.74 Å². The van der Waals surface area contributed by atoms with Crippen LogP contribution in [0.4, 0.5) is 4.79 Å². The molecule has 1 aromatic rings. The minimum absolute atomic E-state index is 0.137. The fourth-order valence-electron chi connectivity index (χ4n) is 2.25. The third kappa shape index (κ3) is 4.46. The lowest BCUT2D eigenvalue weighted by atomic mass is 10.1. The molecule has 0 spiro atoms. The molecule has 1 aliphatic heterocycles. The molecular weight excluding hydrogens is 274 g/mol. The highest BCUT2D eigenvalue weighted by Gasteiger charge is 2.28. The van der Waals surface area contributed by atoms with Crippen molar-refractivity contribution in [3.05, 3.63) is 35.9 Å². The number of aliphatic hydroxyl groups is 1. The topological polar surface area (TPSA) is 87.1 Å². The Hall–Kier alpha value is -2.08. The van der Waals surface area contributed by atoms with Gasteiger partial charge in [-0.15, -0.1) is 0 Å². The molecule has 21 heavy (non-hydrogen) atoms. The van der Waals surface area contributed by atoms with Crippen molar-refractivity contribution >= 4 is 12.1 Å². The summed E-state index contributed by atoms with van der Waals surface area (Å²) in [6, 6.07) is 9.04. The van der Waals surface area contributed by atoms with E-state index in [-0.39, 0.29) is 6.42 Å². The number of ether oxygens (including phenoxy) is 1. The Kier molecular flexibility index (Phi) is 5.16. The normalized spacial score (nSPS) is 17.3. The second-order valence-electron chi connectivity index (χ2n) is 5.12. The van der Waals surface area contributed by atoms with Crippen molar-refractivity contribution in [1.29, 1.82) is 0 Å². The smallest absolute Gasteiger partial charge is 0.410 e. The number of carbonyl (C=O) groups excluding carboxylic acids is 1.